The van der Waals surface area contributed by atoms with E-state index in [9.17, 15) is 4.79 Å². The Bertz CT molecular complexity index is 344. The Hall–Kier alpha value is -1.00. The van der Waals surface area contributed by atoms with Crippen LogP contribution in [0.1, 0.15) is 23.4 Å². The number of ether oxygens (including phenoxy) is 1. The maximum absolute atomic E-state index is 11.6. The fraction of sp³-hybridized carbons (Fsp3) is 0.500. The minimum absolute atomic E-state index is 0.0788. The number of amides is 1. The van der Waals surface area contributed by atoms with E-state index in [0.29, 0.717) is 6.61 Å². The van der Waals surface area contributed by atoms with Crippen LogP contribution in [0.25, 0.3) is 0 Å². The molecule has 0 saturated carbocycles. The lowest BCUT2D eigenvalue weighted by Crippen LogP contribution is -2.40. The van der Waals surface area contributed by atoms with Gasteiger partial charge in [0.15, 0.2) is 11.0 Å². The highest BCUT2D eigenvalue weighted by atomic mass is 35.5. The Balaban J connectivity index is 1.91. The molecule has 82 valence electrons. The number of rotatable bonds is 2. The average molecular weight is 230 g/mol. The van der Waals surface area contributed by atoms with Crippen molar-refractivity contribution in [3.63, 3.8) is 0 Å². The summed E-state index contributed by atoms with van der Waals surface area (Å²) < 4.78 is 10.3. The van der Waals surface area contributed by atoms with Crippen molar-refractivity contribution in [3.05, 3.63) is 23.1 Å². The van der Waals surface area contributed by atoms with Gasteiger partial charge in [-0.3, -0.25) is 4.79 Å². The van der Waals surface area contributed by atoms with Crippen LogP contribution >= 0.6 is 11.6 Å². The van der Waals surface area contributed by atoms with Crippen LogP contribution in [-0.2, 0) is 4.74 Å². The zero-order chi connectivity index (χ0) is 10.7. The molecule has 2 rings (SSSR count). The first-order valence-corrected chi connectivity index (χ1v) is 5.27. The van der Waals surface area contributed by atoms with Crippen LogP contribution in [0.3, 0.4) is 0 Å². The van der Waals surface area contributed by atoms with Gasteiger partial charge in [-0.15, -0.1) is 0 Å². The molecule has 0 radical (unpaired) electrons. The van der Waals surface area contributed by atoms with Crippen molar-refractivity contribution in [2.75, 3.05) is 13.2 Å². The van der Waals surface area contributed by atoms with Gasteiger partial charge in [0.1, 0.15) is 0 Å². The Labute approximate surface area is 92.5 Å². The molecule has 0 aliphatic carbocycles. The van der Waals surface area contributed by atoms with Crippen molar-refractivity contribution >= 4 is 17.5 Å². The van der Waals surface area contributed by atoms with Gasteiger partial charge in [-0.05, 0) is 36.6 Å². The minimum Gasteiger partial charge on any atom is -0.440 e. The summed E-state index contributed by atoms with van der Waals surface area (Å²) in [5.41, 5.74) is 0. The number of hydrogen-bond acceptors (Lipinski definition) is 3. The van der Waals surface area contributed by atoms with E-state index in [1.807, 2.05) is 0 Å². The van der Waals surface area contributed by atoms with Gasteiger partial charge in [0.25, 0.3) is 5.91 Å². The smallest absolute Gasteiger partial charge is 0.287 e. The molecule has 1 aromatic heterocycles. The summed E-state index contributed by atoms with van der Waals surface area (Å²) in [7, 11) is 0. The summed E-state index contributed by atoms with van der Waals surface area (Å²) in [5, 5.41) is 3.05. The van der Waals surface area contributed by atoms with Crippen LogP contribution in [0.5, 0.6) is 0 Å². The number of nitrogens with one attached hydrogen (secondary N) is 1. The minimum atomic E-state index is -0.239. The van der Waals surface area contributed by atoms with E-state index in [4.69, 9.17) is 20.8 Å². The zero-order valence-corrected chi connectivity index (χ0v) is 8.92. The van der Waals surface area contributed by atoms with E-state index in [0.717, 1.165) is 19.4 Å². The number of hydrogen-bond donors (Lipinski definition) is 1. The summed E-state index contributed by atoms with van der Waals surface area (Å²) in [5.74, 6) is 0.00275. The summed E-state index contributed by atoms with van der Waals surface area (Å²) in [6.45, 7) is 1.35. The number of carbonyl (C=O) groups is 1. The average Bonchev–Trinajstić information content (AvgIpc) is 2.66. The van der Waals surface area contributed by atoms with Crippen molar-refractivity contribution in [2.24, 2.45) is 0 Å². The lowest BCUT2D eigenvalue weighted by atomic mass is 10.1. The van der Waals surface area contributed by atoms with Crippen LogP contribution in [-0.4, -0.2) is 25.2 Å². The van der Waals surface area contributed by atoms with Gasteiger partial charge in [0, 0.05) is 6.61 Å². The summed E-state index contributed by atoms with van der Waals surface area (Å²) in [4.78, 5) is 11.6. The van der Waals surface area contributed by atoms with E-state index < -0.39 is 0 Å². The topological polar surface area (TPSA) is 51.5 Å². The standard InChI is InChI=1S/C10H12ClNO3/c11-9-4-3-8(15-9)10(13)12-7-2-1-5-14-6-7/h3-4,7H,1-2,5-6H2,(H,12,13). The van der Waals surface area contributed by atoms with Crippen molar-refractivity contribution < 1.29 is 13.9 Å². The third kappa shape index (κ3) is 2.73. The molecule has 0 spiro atoms. The fourth-order valence-corrected chi connectivity index (χ4v) is 1.69. The molecule has 4 nitrogen and oxygen atoms in total. The molecule has 1 N–H and O–H groups in total. The van der Waals surface area contributed by atoms with Gasteiger partial charge in [-0.2, -0.15) is 0 Å². The fourth-order valence-electron chi connectivity index (χ4n) is 1.55. The second-order valence-corrected chi connectivity index (χ2v) is 3.86. The monoisotopic (exact) mass is 229 g/mol. The molecule has 1 aliphatic rings. The van der Waals surface area contributed by atoms with Crippen molar-refractivity contribution in [3.8, 4) is 0 Å². The molecule has 0 bridgehead atoms. The molecule has 1 atom stereocenters. The lowest BCUT2D eigenvalue weighted by molar-refractivity contribution is 0.0612. The predicted octanol–water partition coefficient (Wildman–Crippen LogP) is 1.84. The van der Waals surface area contributed by atoms with Gasteiger partial charge in [0.2, 0.25) is 0 Å². The van der Waals surface area contributed by atoms with Crippen LogP contribution in [0.4, 0.5) is 0 Å². The number of halogens is 1. The second kappa shape index (κ2) is 4.68. The van der Waals surface area contributed by atoms with E-state index >= 15 is 0 Å². The Kier molecular flexibility index (Phi) is 3.28. The highest BCUT2D eigenvalue weighted by molar-refractivity contribution is 6.29. The quantitative estimate of drug-likeness (QED) is 0.842. The Morgan fingerprint density at radius 2 is 2.40 bits per heavy atom. The first-order valence-electron chi connectivity index (χ1n) is 4.89. The third-order valence-corrected chi connectivity index (χ3v) is 2.50. The first-order chi connectivity index (χ1) is 7.25. The Morgan fingerprint density at radius 1 is 1.53 bits per heavy atom. The molecule has 0 aromatic carbocycles. The van der Waals surface area contributed by atoms with Gasteiger partial charge < -0.3 is 14.5 Å². The molecule has 1 aromatic rings. The normalized spacial score (nSPS) is 21.3. The maximum Gasteiger partial charge on any atom is 0.287 e. The van der Waals surface area contributed by atoms with E-state index in [-0.39, 0.29) is 22.9 Å². The molecule has 1 fully saturated rings. The number of furan rings is 1. The molecular weight excluding hydrogens is 218 g/mol. The van der Waals surface area contributed by atoms with Crippen molar-refractivity contribution in [1.29, 1.82) is 0 Å². The maximum atomic E-state index is 11.6. The second-order valence-electron chi connectivity index (χ2n) is 3.49. The van der Waals surface area contributed by atoms with E-state index in [1.54, 1.807) is 12.1 Å². The first kappa shape index (κ1) is 10.5. The molecule has 5 heteroatoms. The van der Waals surface area contributed by atoms with Gasteiger partial charge in [-0.25, -0.2) is 0 Å². The van der Waals surface area contributed by atoms with Crippen molar-refractivity contribution in [2.45, 2.75) is 18.9 Å². The van der Waals surface area contributed by atoms with Gasteiger partial charge in [-0.1, -0.05) is 0 Å². The third-order valence-electron chi connectivity index (χ3n) is 2.29. The van der Waals surface area contributed by atoms with Crippen LogP contribution in [0, 0.1) is 0 Å². The molecule has 2 heterocycles. The highest BCUT2D eigenvalue weighted by Gasteiger charge is 2.18. The van der Waals surface area contributed by atoms with Crippen molar-refractivity contribution in [1.82, 2.24) is 5.32 Å². The summed E-state index contributed by atoms with van der Waals surface area (Å²) in [6, 6.07) is 3.19. The van der Waals surface area contributed by atoms with Crippen LogP contribution < -0.4 is 5.32 Å². The number of carbonyl (C=O) groups excluding carboxylic acids is 1. The SMILES string of the molecule is O=C(NC1CCCOC1)c1ccc(Cl)o1. The molecule has 1 saturated heterocycles. The highest BCUT2D eigenvalue weighted by Crippen LogP contribution is 2.14. The largest absolute Gasteiger partial charge is 0.440 e. The molecule has 1 amide bonds. The van der Waals surface area contributed by atoms with Crippen LogP contribution in [0.2, 0.25) is 5.22 Å². The molecular formula is C10H12ClNO3. The van der Waals surface area contributed by atoms with Crippen LogP contribution in [0.15, 0.2) is 16.5 Å². The molecule has 1 aliphatic heterocycles. The molecule has 1 unspecified atom stereocenters. The predicted molar refractivity (Wildman–Crippen MR) is 55.0 cm³/mol. The zero-order valence-electron chi connectivity index (χ0n) is 8.16. The van der Waals surface area contributed by atoms with E-state index in [2.05, 4.69) is 5.32 Å². The Morgan fingerprint density at radius 3 is 3.00 bits per heavy atom. The van der Waals surface area contributed by atoms with Gasteiger partial charge >= 0.3 is 0 Å². The summed E-state index contributed by atoms with van der Waals surface area (Å²) in [6.07, 6.45) is 1.92. The van der Waals surface area contributed by atoms with E-state index in [1.165, 1.54) is 0 Å². The summed E-state index contributed by atoms with van der Waals surface area (Å²) >= 11 is 5.58. The lowest BCUT2D eigenvalue weighted by Gasteiger charge is -2.22. The van der Waals surface area contributed by atoms with Gasteiger partial charge in [0.05, 0.1) is 12.6 Å². The molecule has 15 heavy (non-hydrogen) atoms.